The van der Waals surface area contributed by atoms with Crippen LogP contribution in [-0.4, -0.2) is 27.6 Å². The fraction of sp³-hybridized carbons (Fsp3) is 0.667. The summed E-state index contributed by atoms with van der Waals surface area (Å²) in [6.07, 6.45) is 5.49. The minimum absolute atomic E-state index is 0.0716. The van der Waals surface area contributed by atoms with Crippen LogP contribution in [-0.2, 0) is 11.2 Å². The third kappa shape index (κ3) is 4.84. The molecular formula is C18H27ClN2O2. The number of rotatable bonds is 5. The Balaban J connectivity index is 2.22. The number of halogens is 1. The van der Waals surface area contributed by atoms with Gasteiger partial charge in [-0.2, -0.15) is 0 Å². The van der Waals surface area contributed by atoms with Gasteiger partial charge in [-0.25, -0.2) is 9.78 Å². The van der Waals surface area contributed by atoms with Crippen molar-refractivity contribution in [2.45, 2.75) is 78.0 Å². The average molecular weight is 339 g/mol. The number of carbonyl (C=O) groups is 1. The molecule has 1 aliphatic rings. The first-order valence-corrected chi connectivity index (χ1v) is 8.76. The minimum atomic E-state index is -0.491. The number of hydrogen-bond acceptors (Lipinski definition) is 3. The van der Waals surface area contributed by atoms with Crippen molar-refractivity contribution >= 4 is 17.7 Å². The fourth-order valence-corrected chi connectivity index (χ4v) is 2.83. The standard InChI is InChI=1S/C18H27ClN2O2/c1-6-7-13-10-14(11-20-16(13)19)12(2)21(15-8-9-15)17(22)23-18(3,4)5/h10-12,15H,6-9H2,1-5H3. The lowest BCUT2D eigenvalue weighted by Crippen LogP contribution is -2.39. The van der Waals surface area contributed by atoms with E-state index in [1.165, 1.54) is 0 Å². The normalized spacial score (nSPS) is 16.1. The van der Waals surface area contributed by atoms with Crippen molar-refractivity contribution in [3.05, 3.63) is 28.5 Å². The molecule has 0 aromatic carbocycles. The summed E-state index contributed by atoms with van der Waals surface area (Å²) in [5.41, 5.74) is 1.56. The van der Waals surface area contributed by atoms with Crippen molar-refractivity contribution in [2.24, 2.45) is 0 Å². The molecule has 1 heterocycles. The monoisotopic (exact) mass is 338 g/mol. The maximum atomic E-state index is 12.6. The number of pyridine rings is 1. The Morgan fingerprint density at radius 2 is 2.13 bits per heavy atom. The van der Waals surface area contributed by atoms with Gasteiger partial charge in [-0.15, -0.1) is 0 Å². The van der Waals surface area contributed by atoms with Crippen molar-refractivity contribution < 1.29 is 9.53 Å². The quantitative estimate of drug-likeness (QED) is 0.697. The third-order valence-corrected chi connectivity index (χ3v) is 4.24. The molecule has 5 heteroatoms. The Bertz CT molecular complexity index is 565. The van der Waals surface area contributed by atoms with E-state index in [1.54, 1.807) is 6.20 Å². The first kappa shape index (κ1) is 18.1. The Kier molecular flexibility index (Phi) is 5.56. The van der Waals surface area contributed by atoms with Gasteiger partial charge in [0.2, 0.25) is 0 Å². The molecule has 0 aliphatic heterocycles. The maximum Gasteiger partial charge on any atom is 0.411 e. The highest BCUT2D eigenvalue weighted by atomic mass is 35.5. The van der Waals surface area contributed by atoms with Crippen LogP contribution in [0.1, 0.15) is 71.0 Å². The van der Waals surface area contributed by atoms with E-state index >= 15 is 0 Å². The Morgan fingerprint density at radius 3 is 2.65 bits per heavy atom. The highest BCUT2D eigenvalue weighted by molar-refractivity contribution is 6.30. The summed E-state index contributed by atoms with van der Waals surface area (Å²) in [6.45, 7) is 9.82. The zero-order valence-corrected chi connectivity index (χ0v) is 15.5. The molecule has 2 rings (SSSR count). The minimum Gasteiger partial charge on any atom is -0.444 e. The largest absolute Gasteiger partial charge is 0.444 e. The van der Waals surface area contributed by atoms with Crippen LogP contribution in [0.4, 0.5) is 4.79 Å². The van der Waals surface area contributed by atoms with E-state index in [1.807, 2.05) is 32.6 Å². The summed E-state index contributed by atoms with van der Waals surface area (Å²) in [6, 6.07) is 2.27. The van der Waals surface area contributed by atoms with E-state index < -0.39 is 5.60 Å². The second kappa shape index (κ2) is 7.08. The number of carbonyl (C=O) groups excluding carboxylic acids is 1. The van der Waals surface area contributed by atoms with Crippen molar-refractivity contribution in [3.63, 3.8) is 0 Å². The summed E-state index contributed by atoms with van der Waals surface area (Å²) in [5.74, 6) is 0. The summed E-state index contributed by atoms with van der Waals surface area (Å²) < 4.78 is 5.59. The molecule has 1 unspecified atom stereocenters. The van der Waals surface area contributed by atoms with Crippen molar-refractivity contribution in [1.29, 1.82) is 0 Å². The molecule has 1 aliphatic carbocycles. The Morgan fingerprint density at radius 1 is 1.48 bits per heavy atom. The van der Waals surface area contributed by atoms with Crippen LogP contribution in [0.3, 0.4) is 0 Å². The lowest BCUT2D eigenvalue weighted by Gasteiger charge is -2.32. The first-order valence-electron chi connectivity index (χ1n) is 8.38. The van der Waals surface area contributed by atoms with E-state index in [-0.39, 0.29) is 18.2 Å². The molecule has 0 spiro atoms. The fourth-order valence-electron chi connectivity index (χ4n) is 2.64. The van der Waals surface area contributed by atoms with Crippen LogP contribution in [0.5, 0.6) is 0 Å². The molecule has 1 saturated carbocycles. The molecule has 23 heavy (non-hydrogen) atoms. The summed E-state index contributed by atoms with van der Waals surface area (Å²) in [4.78, 5) is 18.7. The van der Waals surface area contributed by atoms with Crippen LogP contribution in [0.2, 0.25) is 5.15 Å². The molecule has 4 nitrogen and oxygen atoms in total. The van der Waals surface area contributed by atoms with Gasteiger partial charge in [-0.05, 0) is 64.2 Å². The van der Waals surface area contributed by atoms with Gasteiger partial charge in [-0.1, -0.05) is 24.9 Å². The number of amides is 1. The third-order valence-electron chi connectivity index (χ3n) is 3.90. The zero-order valence-electron chi connectivity index (χ0n) is 14.7. The average Bonchev–Trinajstić information content (AvgIpc) is 3.24. The highest BCUT2D eigenvalue weighted by Crippen LogP contribution is 2.36. The molecule has 1 fully saturated rings. The maximum absolute atomic E-state index is 12.6. The predicted molar refractivity (Wildman–Crippen MR) is 92.8 cm³/mol. The van der Waals surface area contributed by atoms with Gasteiger partial charge >= 0.3 is 6.09 Å². The van der Waals surface area contributed by atoms with Crippen LogP contribution >= 0.6 is 11.6 Å². The molecule has 1 aromatic heterocycles. The molecule has 0 N–H and O–H groups in total. The number of hydrogen-bond donors (Lipinski definition) is 0. The van der Waals surface area contributed by atoms with E-state index in [9.17, 15) is 4.79 Å². The smallest absolute Gasteiger partial charge is 0.411 e. The lowest BCUT2D eigenvalue weighted by molar-refractivity contribution is 0.0153. The Labute approximate surface area is 144 Å². The van der Waals surface area contributed by atoms with Gasteiger partial charge in [0, 0.05) is 12.2 Å². The van der Waals surface area contributed by atoms with E-state index in [0.29, 0.717) is 5.15 Å². The second-order valence-corrected chi connectivity index (χ2v) is 7.62. The molecule has 0 bridgehead atoms. The van der Waals surface area contributed by atoms with Crippen molar-refractivity contribution in [3.8, 4) is 0 Å². The molecule has 1 aromatic rings. The zero-order chi connectivity index (χ0) is 17.2. The molecular weight excluding hydrogens is 312 g/mol. The number of nitrogens with zero attached hydrogens (tertiary/aromatic N) is 2. The van der Waals surface area contributed by atoms with Crippen LogP contribution in [0, 0.1) is 0 Å². The van der Waals surface area contributed by atoms with Crippen LogP contribution in [0.25, 0.3) is 0 Å². The van der Waals surface area contributed by atoms with E-state index in [4.69, 9.17) is 16.3 Å². The van der Waals surface area contributed by atoms with Crippen LogP contribution < -0.4 is 0 Å². The predicted octanol–water partition coefficient (Wildman–Crippen LogP) is 5.15. The highest BCUT2D eigenvalue weighted by Gasteiger charge is 2.38. The van der Waals surface area contributed by atoms with E-state index in [2.05, 4.69) is 18.0 Å². The summed E-state index contributed by atoms with van der Waals surface area (Å²) in [7, 11) is 0. The first-order chi connectivity index (χ1) is 10.7. The van der Waals surface area contributed by atoms with Crippen molar-refractivity contribution in [2.75, 3.05) is 0 Å². The molecule has 0 radical (unpaired) electrons. The lowest BCUT2D eigenvalue weighted by atomic mass is 10.0. The molecule has 0 saturated heterocycles. The van der Waals surface area contributed by atoms with Gasteiger partial charge in [0.25, 0.3) is 0 Å². The number of aromatic nitrogens is 1. The number of aryl methyl sites for hydroxylation is 1. The molecule has 128 valence electrons. The van der Waals surface area contributed by atoms with Crippen LogP contribution in [0.15, 0.2) is 12.3 Å². The second-order valence-electron chi connectivity index (χ2n) is 7.26. The van der Waals surface area contributed by atoms with Gasteiger partial charge in [-0.3, -0.25) is 4.90 Å². The summed E-state index contributed by atoms with van der Waals surface area (Å²) in [5, 5.41) is 0.554. The SMILES string of the molecule is CCCc1cc(C(C)N(C(=O)OC(C)(C)C)C2CC2)cnc1Cl. The molecule has 1 atom stereocenters. The Hall–Kier alpha value is -1.29. The number of ether oxygens (including phenoxy) is 1. The van der Waals surface area contributed by atoms with Gasteiger partial charge in [0.05, 0.1) is 6.04 Å². The molecule has 1 amide bonds. The topological polar surface area (TPSA) is 42.4 Å². The van der Waals surface area contributed by atoms with Crippen molar-refractivity contribution in [1.82, 2.24) is 9.88 Å². The summed E-state index contributed by atoms with van der Waals surface area (Å²) >= 11 is 6.17. The van der Waals surface area contributed by atoms with Gasteiger partial charge in [0.1, 0.15) is 10.8 Å². The van der Waals surface area contributed by atoms with Gasteiger partial charge < -0.3 is 4.74 Å². The van der Waals surface area contributed by atoms with E-state index in [0.717, 1.165) is 36.8 Å². The van der Waals surface area contributed by atoms with Gasteiger partial charge in [0.15, 0.2) is 0 Å².